The molecule has 0 amide bonds. The lowest BCUT2D eigenvalue weighted by atomic mass is 9.71. The minimum absolute atomic E-state index is 0.435. The Hall–Kier alpha value is -2.14. The van der Waals surface area contributed by atoms with E-state index in [0.29, 0.717) is 12.0 Å². The van der Waals surface area contributed by atoms with E-state index in [2.05, 4.69) is 53.1 Å². The van der Waals surface area contributed by atoms with Crippen LogP contribution in [0.1, 0.15) is 54.1 Å². The summed E-state index contributed by atoms with van der Waals surface area (Å²) in [5.41, 5.74) is 6.60. The molecular weight excluding hydrogens is 394 g/mol. The van der Waals surface area contributed by atoms with Crippen molar-refractivity contribution in [2.24, 2.45) is 5.92 Å². The van der Waals surface area contributed by atoms with Gasteiger partial charge in [0.1, 0.15) is 24.7 Å². The molecule has 3 aromatic rings. The molecule has 1 aromatic heterocycles. The topological polar surface area (TPSA) is 34.0 Å². The van der Waals surface area contributed by atoms with Gasteiger partial charge in [-0.2, -0.15) is 0 Å². The van der Waals surface area contributed by atoms with Crippen LogP contribution < -0.4 is 9.80 Å². The van der Waals surface area contributed by atoms with Crippen LogP contribution in [0.5, 0.6) is 0 Å². The second-order valence-electron chi connectivity index (χ2n) is 10.9. The Labute approximate surface area is 190 Å². The van der Waals surface area contributed by atoms with Gasteiger partial charge in [-0.15, -0.1) is 0 Å². The van der Waals surface area contributed by atoms with E-state index in [1.807, 2.05) is 0 Å². The molecule has 4 nitrogen and oxygen atoms in total. The maximum Gasteiger partial charge on any atom is 0.141 e. The number of aliphatic hydroxyl groups is 1. The number of nitrogens with one attached hydrogen (secondary N) is 2. The number of nitrogens with zero attached hydrogens (tertiary/aromatic N) is 1. The van der Waals surface area contributed by atoms with Gasteiger partial charge < -0.3 is 19.5 Å². The van der Waals surface area contributed by atoms with Crippen LogP contribution in [0.15, 0.2) is 48.5 Å². The van der Waals surface area contributed by atoms with Crippen LogP contribution in [-0.4, -0.2) is 35.9 Å². The summed E-state index contributed by atoms with van der Waals surface area (Å²) in [5.74, 6) is 0.435. The van der Waals surface area contributed by atoms with E-state index in [1.54, 1.807) is 21.1 Å². The fraction of sp³-hybridized carbons (Fsp3) is 0.500. The summed E-state index contributed by atoms with van der Waals surface area (Å²) in [6.07, 6.45) is 6.11. The monoisotopic (exact) mass is 429 g/mol. The molecule has 0 radical (unpaired) electrons. The number of aromatic nitrogens is 1. The number of hydrogen-bond acceptors (Lipinski definition) is 1. The predicted molar refractivity (Wildman–Crippen MR) is 126 cm³/mol. The maximum atomic E-state index is 11.8. The number of fused-ring (bicyclic) bond motifs is 6. The minimum atomic E-state index is -0.631. The first-order chi connectivity index (χ1) is 15.7. The molecule has 5 aliphatic rings. The number of rotatable bonds is 3. The molecule has 0 spiro atoms. The van der Waals surface area contributed by atoms with E-state index in [0.717, 1.165) is 19.6 Å². The van der Waals surface area contributed by atoms with Crippen LogP contribution in [0.2, 0.25) is 0 Å². The number of aryl methyl sites for hydroxylation is 1. The third-order valence-corrected chi connectivity index (χ3v) is 9.27. The Kier molecular flexibility index (Phi) is 4.34. The Morgan fingerprint density at radius 3 is 2.62 bits per heavy atom. The summed E-state index contributed by atoms with van der Waals surface area (Å²) < 4.78 is 2.64. The standard InChI is InChI=1S/C28H33N3O/c32-28(19-29-13-11-21(28)12-14-29)22-9-10-25-24(17-22)23-7-4-8-26-27(23)31(25)16-15-30(26)18-20-5-2-1-3-6-20/h1-3,5-6,9-10,17,21,26,32H,4,7-8,11-16,18-19H2/p+2/t26-,28-/m0/s1. The first kappa shape index (κ1) is 19.3. The Morgan fingerprint density at radius 2 is 1.84 bits per heavy atom. The van der Waals surface area contributed by atoms with E-state index < -0.39 is 5.60 Å². The van der Waals surface area contributed by atoms with Crippen LogP contribution in [0, 0.1) is 5.92 Å². The summed E-state index contributed by atoms with van der Waals surface area (Å²) in [6, 6.07) is 18.6. The highest BCUT2D eigenvalue weighted by Gasteiger charge is 2.50. The smallest absolute Gasteiger partial charge is 0.141 e. The summed E-state index contributed by atoms with van der Waals surface area (Å²) in [5, 5.41) is 13.2. The third kappa shape index (κ3) is 2.79. The first-order valence-electron chi connectivity index (χ1n) is 12.8. The number of benzene rings is 2. The van der Waals surface area contributed by atoms with Crippen molar-refractivity contribution in [3.8, 4) is 0 Å². The van der Waals surface area contributed by atoms with E-state index in [9.17, 15) is 5.11 Å². The van der Waals surface area contributed by atoms with Crippen LogP contribution in [-0.2, 0) is 25.1 Å². The lowest BCUT2D eigenvalue weighted by molar-refractivity contribution is -0.950. The van der Waals surface area contributed by atoms with Crippen molar-refractivity contribution in [2.75, 3.05) is 26.2 Å². The molecule has 0 saturated carbocycles. The fourth-order valence-electron chi connectivity index (χ4n) is 7.68. The van der Waals surface area contributed by atoms with Gasteiger partial charge in [0.15, 0.2) is 0 Å². The average Bonchev–Trinajstić information content (AvgIpc) is 3.17. The maximum absolute atomic E-state index is 11.8. The van der Waals surface area contributed by atoms with E-state index >= 15 is 0 Å². The van der Waals surface area contributed by atoms with Crippen molar-refractivity contribution in [1.29, 1.82) is 0 Å². The summed E-state index contributed by atoms with van der Waals surface area (Å²) >= 11 is 0. The van der Waals surface area contributed by atoms with Gasteiger partial charge in [0, 0.05) is 41.6 Å². The van der Waals surface area contributed by atoms with Gasteiger partial charge >= 0.3 is 0 Å². The normalized spacial score (nSPS) is 33.4. The summed E-state index contributed by atoms with van der Waals surface area (Å²) in [6.45, 7) is 6.80. The lowest BCUT2D eigenvalue weighted by Gasteiger charge is -2.47. The van der Waals surface area contributed by atoms with Gasteiger partial charge in [-0.05, 0) is 36.1 Å². The van der Waals surface area contributed by atoms with Crippen molar-refractivity contribution in [1.82, 2.24) is 4.57 Å². The van der Waals surface area contributed by atoms with E-state index in [1.165, 1.54) is 73.8 Å². The molecule has 3 fully saturated rings. The first-order valence-corrected chi connectivity index (χ1v) is 12.8. The molecule has 3 atom stereocenters. The zero-order chi connectivity index (χ0) is 21.3. The lowest BCUT2D eigenvalue weighted by Crippen LogP contribution is -3.17. The van der Waals surface area contributed by atoms with E-state index in [-0.39, 0.29) is 0 Å². The molecule has 3 N–H and O–H groups in total. The Morgan fingerprint density at radius 1 is 1.00 bits per heavy atom. The molecule has 5 heterocycles. The second kappa shape index (κ2) is 7.18. The Balaban J connectivity index is 1.29. The summed E-state index contributed by atoms with van der Waals surface area (Å²) in [7, 11) is 0. The van der Waals surface area contributed by atoms with Crippen molar-refractivity contribution in [3.63, 3.8) is 0 Å². The van der Waals surface area contributed by atoms with Crippen LogP contribution >= 0.6 is 0 Å². The molecule has 4 aliphatic heterocycles. The minimum Gasteiger partial charge on any atom is -0.379 e. The molecular formula is C28H35N3O+2. The molecule has 2 aromatic carbocycles. The largest absolute Gasteiger partial charge is 0.379 e. The number of hydrogen-bond donors (Lipinski definition) is 3. The van der Waals surface area contributed by atoms with Gasteiger partial charge in [0.25, 0.3) is 0 Å². The van der Waals surface area contributed by atoms with E-state index in [4.69, 9.17) is 0 Å². The van der Waals surface area contributed by atoms with Crippen LogP contribution in [0.4, 0.5) is 0 Å². The summed E-state index contributed by atoms with van der Waals surface area (Å²) in [4.78, 5) is 3.32. The second-order valence-corrected chi connectivity index (χ2v) is 10.9. The van der Waals surface area contributed by atoms with Crippen LogP contribution in [0.3, 0.4) is 0 Å². The van der Waals surface area contributed by atoms with Gasteiger partial charge in [0.05, 0.1) is 31.9 Å². The van der Waals surface area contributed by atoms with Gasteiger partial charge in [0.2, 0.25) is 0 Å². The molecule has 3 saturated heterocycles. The molecule has 8 rings (SSSR count). The molecule has 32 heavy (non-hydrogen) atoms. The highest BCUT2D eigenvalue weighted by molar-refractivity contribution is 5.87. The molecule has 1 unspecified atom stereocenters. The predicted octanol–water partition coefficient (Wildman–Crippen LogP) is 1.61. The Bertz CT molecular complexity index is 1160. The highest BCUT2D eigenvalue weighted by atomic mass is 16.3. The molecule has 2 bridgehead atoms. The van der Waals surface area contributed by atoms with Gasteiger partial charge in [-0.1, -0.05) is 36.4 Å². The van der Waals surface area contributed by atoms with Gasteiger partial charge in [-0.25, -0.2) is 0 Å². The SMILES string of the molecule is O[C@@]1(c2ccc3c(c2)c2c4n3CC[NH+](Cc3ccccc3)[C@H]4CCC2)C[NH+]2CCC1CC2. The zero-order valence-electron chi connectivity index (χ0n) is 18.9. The van der Waals surface area contributed by atoms with Crippen molar-refractivity contribution >= 4 is 10.9 Å². The van der Waals surface area contributed by atoms with Crippen molar-refractivity contribution in [3.05, 3.63) is 70.9 Å². The number of quaternary nitrogens is 2. The molecule has 4 heteroatoms. The van der Waals surface area contributed by atoms with Crippen LogP contribution in [0.25, 0.3) is 10.9 Å². The van der Waals surface area contributed by atoms with Gasteiger partial charge in [-0.3, -0.25) is 0 Å². The number of piperidine rings is 3. The quantitative estimate of drug-likeness (QED) is 0.581. The fourth-order valence-corrected chi connectivity index (χ4v) is 7.68. The third-order valence-electron chi connectivity index (χ3n) is 9.27. The molecule has 166 valence electrons. The zero-order valence-corrected chi connectivity index (χ0v) is 18.9. The van der Waals surface area contributed by atoms with Crippen molar-refractivity contribution < 1.29 is 14.9 Å². The average molecular weight is 430 g/mol. The molecule has 1 aliphatic carbocycles. The van der Waals surface area contributed by atoms with Crippen molar-refractivity contribution in [2.45, 2.75) is 56.8 Å². The highest BCUT2D eigenvalue weighted by Crippen LogP contribution is 2.42.